The highest BCUT2D eigenvalue weighted by molar-refractivity contribution is 7.90. The van der Waals surface area contributed by atoms with Gasteiger partial charge in [-0.05, 0) is 46.2 Å². The molecule has 0 aliphatic carbocycles. The Morgan fingerprint density at radius 1 is 0.774 bits per heavy atom. The van der Waals surface area contributed by atoms with Gasteiger partial charge in [-0.3, -0.25) is 0 Å². The molecule has 0 saturated heterocycles. The number of hydrogen-bond acceptors (Lipinski definition) is 5. The second kappa shape index (κ2) is 8.62. The summed E-state index contributed by atoms with van der Waals surface area (Å²) in [6.07, 6.45) is 0. The van der Waals surface area contributed by atoms with E-state index in [0.29, 0.717) is 5.56 Å². The quantitative estimate of drug-likeness (QED) is 0.440. The highest BCUT2D eigenvalue weighted by atomic mass is 32.2. The largest absolute Gasteiger partial charge is 0.507 e. The van der Waals surface area contributed by atoms with E-state index in [-0.39, 0.29) is 28.6 Å². The minimum atomic E-state index is -3.47. The van der Waals surface area contributed by atoms with Gasteiger partial charge in [0.15, 0.2) is 9.84 Å². The lowest BCUT2D eigenvalue weighted by Gasteiger charge is -2.09. The zero-order valence-corrected chi connectivity index (χ0v) is 17.4. The van der Waals surface area contributed by atoms with Gasteiger partial charge < -0.3 is 9.84 Å². The van der Waals surface area contributed by atoms with Crippen molar-refractivity contribution >= 4 is 26.6 Å². The Morgan fingerprint density at radius 2 is 1.39 bits per heavy atom. The molecule has 0 radical (unpaired) electrons. The van der Waals surface area contributed by atoms with E-state index in [0.717, 1.165) is 16.3 Å². The van der Waals surface area contributed by atoms with Crippen LogP contribution in [0.2, 0.25) is 0 Å². The standard InChI is InChI=1S/C25H20O5S/c26-24-15-21-9-5-4-8-20(21)14-23(24)25(27)30-16-18-10-12-22(13-11-18)31(28,29)17-19-6-2-1-3-7-19/h1-15,26H,16-17H2. The summed E-state index contributed by atoms with van der Waals surface area (Å²) in [7, 11) is -3.47. The lowest BCUT2D eigenvalue weighted by atomic mass is 10.1. The van der Waals surface area contributed by atoms with Crippen LogP contribution in [0.5, 0.6) is 5.75 Å². The Kier molecular flexibility index (Phi) is 5.73. The van der Waals surface area contributed by atoms with Crippen molar-refractivity contribution in [3.05, 3.63) is 108 Å². The number of carbonyl (C=O) groups is 1. The summed E-state index contributed by atoms with van der Waals surface area (Å²) in [5, 5.41) is 11.8. The Labute approximate surface area is 180 Å². The minimum Gasteiger partial charge on any atom is -0.507 e. The van der Waals surface area contributed by atoms with Crippen molar-refractivity contribution in [2.45, 2.75) is 17.3 Å². The van der Waals surface area contributed by atoms with Gasteiger partial charge in [-0.1, -0.05) is 66.7 Å². The normalized spacial score (nSPS) is 11.4. The third kappa shape index (κ3) is 4.75. The van der Waals surface area contributed by atoms with Crippen LogP contribution in [0.3, 0.4) is 0 Å². The van der Waals surface area contributed by atoms with Crippen LogP contribution in [0.25, 0.3) is 10.8 Å². The Hall–Kier alpha value is -3.64. The number of sulfone groups is 1. The van der Waals surface area contributed by atoms with Gasteiger partial charge in [-0.25, -0.2) is 13.2 Å². The van der Waals surface area contributed by atoms with Gasteiger partial charge in [-0.2, -0.15) is 0 Å². The van der Waals surface area contributed by atoms with E-state index in [4.69, 9.17) is 4.74 Å². The molecule has 0 aromatic heterocycles. The number of carbonyl (C=O) groups excluding carboxylic acids is 1. The first-order valence-corrected chi connectivity index (χ1v) is 11.3. The molecule has 5 nitrogen and oxygen atoms in total. The van der Waals surface area contributed by atoms with Gasteiger partial charge in [0.05, 0.1) is 10.6 Å². The van der Waals surface area contributed by atoms with E-state index in [9.17, 15) is 18.3 Å². The van der Waals surface area contributed by atoms with Crippen molar-refractivity contribution < 1.29 is 23.1 Å². The van der Waals surface area contributed by atoms with Gasteiger partial charge >= 0.3 is 5.97 Å². The van der Waals surface area contributed by atoms with E-state index in [2.05, 4.69) is 0 Å². The molecule has 0 unspecified atom stereocenters. The molecule has 0 spiro atoms. The first-order valence-electron chi connectivity index (χ1n) is 9.67. The Bertz CT molecular complexity index is 1330. The number of phenolic OH excluding ortho intramolecular Hbond substituents is 1. The molecule has 0 bridgehead atoms. The number of fused-ring (bicyclic) bond motifs is 1. The van der Waals surface area contributed by atoms with Crippen LogP contribution in [0.4, 0.5) is 0 Å². The van der Waals surface area contributed by atoms with Crippen LogP contribution < -0.4 is 0 Å². The van der Waals surface area contributed by atoms with Crippen LogP contribution in [0, 0.1) is 0 Å². The van der Waals surface area contributed by atoms with Gasteiger partial charge in [0, 0.05) is 0 Å². The molecule has 0 amide bonds. The van der Waals surface area contributed by atoms with Crippen LogP contribution in [-0.2, 0) is 26.9 Å². The molecule has 4 aromatic carbocycles. The van der Waals surface area contributed by atoms with E-state index >= 15 is 0 Å². The first kappa shape index (κ1) is 20.6. The summed E-state index contributed by atoms with van der Waals surface area (Å²) in [4.78, 5) is 12.6. The molecule has 0 fully saturated rings. The molecule has 0 aliphatic rings. The van der Waals surface area contributed by atoms with E-state index in [1.165, 1.54) is 18.2 Å². The molecule has 1 N–H and O–H groups in total. The number of hydrogen-bond donors (Lipinski definition) is 1. The van der Waals surface area contributed by atoms with E-state index in [1.807, 2.05) is 30.3 Å². The van der Waals surface area contributed by atoms with E-state index in [1.54, 1.807) is 42.5 Å². The van der Waals surface area contributed by atoms with Crippen molar-refractivity contribution in [3.8, 4) is 5.75 Å². The average molecular weight is 432 g/mol. The Balaban J connectivity index is 1.44. The van der Waals surface area contributed by atoms with Crippen LogP contribution >= 0.6 is 0 Å². The summed E-state index contributed by atoms with van der Waals surface area (Å²) in [6, 6.07) is 25.7. The fraction of sp³-hybridized carbons (Fsp3) is 0.0800. The number of esters is 1. The molecule has 0 aliphatic heterocycles. The second-order valence-electron chi connectivity index (χ2n) is 7.18. The van der Waals surface area contributed by atoms with Crippen molar-refractivity contribution in [1.29, 1.82) is 0 Å². The van der Waals surface area contributed by atoms with Crippen molar-refractivity contribution in [2.24, 2.45) is 0 Å². The molecule has 156 valence electrons. The molecule has 6 heteroatoms. The smallest absolute Gasteiger partial charge is 0.342 e. The summed E-state index contributed by atoms with van der Waals surface area (Å²) in [6.45, 7) is -0.0376. The molecule has 0 saturated carbocycles. The zero-order chi connectivity index (χ0) is 21.8. The van der Waals surface area contributed by atoms with Crippen molar-refractivity contribution in [2.75, 3.05) is 0 Å². The predicted octanol–water partition coefficient (Wildman–Crippen LogP) is 4.88. The molecule has 4 rings (SSSR count). The highest BCUT2D eigenvalue weighted by Crippen LogP contribution is 2.26. The minimum absolute atomic E-state index is 0.0376. The summed E-state index contributed by atoms with van der Waals surface area (Å²) >= 11 is 0. The number of aromatic hydroxyl groups is 1. The SMILES string of the molecule is O=C(OCc1ccc(S(=O)(=O)Cc2ccccc2)cc1)c1cc2ccccc2cc1O. The van der Waals surface area contributed by atoms with Crippen LogP contribution in [0.1, 0.15) is 21.5 Å². The maximum atomic E-state index is 12.6. The fourth-order valence-corrected chi connectivity index (χ4v) is 4.64. The molecule has 4 aromatic rings. The second-order valence-corrected chi connectivity index (χ2v) is 9.17. The fourth-order valence-electron chi connectivity index (χ4n) is 3.29. The van der Waals surface area contributed by atoms with Crippen LogP contribution in [-0.4, -0.2) is 19.5 Å². The van der Waals surface area contributed by atoms with Crippen molar-refractivity contribution in [1.82, 2.24) is 0 Å². The molecule has 0 heterocycles. The summed E-state index contributed by atoms with van der Waals surface area (Å²) in [5.74, 6) is -0.876. The van der Waals surface area contributed by atoms with E-state index < -0.39 is 15.8 Å². The Morgan fingerprint density at radius 3 is 2.06 bits per heavy atom. The van der Waals surface area contributed by atoms with Gasteiger partial charge in [0.1, 0.15) is 17.9 Å². The molecular weight excluding hydrogens is 412 g/mol. The number of phenols is 1. The predicted molar refractivity (Wildman–Crippen MR) is 119 cm³/mol. The van der Waals surface area contributed by atoms with Gasteiger partial charge in [0.2, 0.25) is 0 Å². The summed E-state index contributed by atoms with van der Waals surface area (Å²) < 4.78 is 30.5. The number of benzene rings is 4. The molecule has 31 heavy (non-hydrogen) atoms. The van der Waals surface area contributed by atoms with Crippen molar-refractivity contribution in [3.63, 3.8) is 0 Å². The lowest BCUT2D eigenvalue weighted by molar-refractivity contribution is 0.0469. The maximum Gasteiger partial charge on any atom is 0.342 e. The average Bonchev–Trinajstić information content (AvgIpc) is 2.77. The summed E-state index contributed by atoms with van der Waals surface area (Å²) in [5.41, 5.74) is 1.45. The first-order chi connectivity index (χ1) is 14.9. The third-order valence-corrected chi connectivity index (χ3v) is 6.64. The van der Waals surface area contributed by atoms with Gasteiger partial charge in [0.25, 0.3) is 0 Å². The monoisotopic (exact) mass is 432 g/mol. The lowest BCUT2D eigenvalue weighted by Crippen LogP contribution is -2.07. The highest BCUT2D eigenvalue weighted by Gasteiger charge is 2.16. The van der Waals surface area contributed by atoms with Gasteiger partial charge in [-0.15, -0.1) is 0 Å². The number of rotatable bonds is 6. The topological polar surface area (TPSA) is 80.7 Å². The zero-order valence-electron chi connectivity index (χ0n) is 16.6. The van der Waals surface area contributed by atoms with Crippen LogP contribution in [0.15, 0.2) is 95.9 Å². The third-order valence-electron chi connectivity index (χ3n) is 4.94. The maximum absolute atomic E-state index is 12.6. The molecule has 0 atom stereocenters. The number of ether oxygens (including phenoxy) is 1. The molecular formula is C25H20O5S.